The zero-order valence-corrected chi connectivity index (χ0v) is 4.65. The fourth-order valence-electron chi connectivity index (χ4n) is 0.263. The average Bonchev–Trinajstić information content (AvgIpc) is 1.91. The van der Waals surface area contributed by atoms with E-state index >= 15 is 0 Å². The standard InChI is InChI=1S/C6H6O3/c7-3-1-2-6(4-8)5-9/h1-5,8H/b2-1+,6-4+. The molecule has 9 heavy (non-hydrogen) atoms. The molecule has 0 rings (SSSR count). The van der Waals surface area contributed by atoms with Crippen molar-refractivity contribution in [2.45, 2.75) is 0 Å². The Labute approximate surface area is 52.3 Å². The van der Waals surface area contributed by atoms with Gasteiger partial charge in [0.25, 0.3) is 0 Å². The maximum atomic E-state index is 9.85. The van der Waals surface area contributed by atoms with Crippen molar-refractivity contribution >= 4 is 12.6 Å². The molecule has 1 N–H and O–H groups in total. The molecule has 0 heterocycles. The van der Waals surface area contributed by atoms with Gasteiger partial charge in [0.15, 0.2) is 6.29 Å². The van der Waals surface area contributed by atoms with Gasteiger partial charge in [-0.2, -0.15) is 0 Å². The first-order chi connectivity index (χ1) is 4.35. The van der Waals surface area contributed by atoms with Crippen LogP contribution in [0.1, 0.15) is 0 Å². The van der Waals surface area contributed by atoms with Crippen molar-refractivity contribution in [2.24, 2.45) is 0 Å². The summed E-state index contributed by atoms with van der Waals surface area (Å²) in [7, 11) is 0. The summed E-state index contributed by atoms with van der Waals surface area (Å²) < 4.78 is 0. The number of hydrogen-bond acceptors (Lipinski definition) is 3. The van der Waals surface area contributed by atoms with Crippen LogP contribution in [0, 0.1) is 0 Å². The highest BCUT2D eigenvalue weighted by molar-refractivity contribution is 5.79. The quantitative estimate of drug-likeness (QED) is 0.257. The molecule has 0 atom stereocenters. The van der Waals surface area contributed by atoms with Crippen LogP contribution in [0.15, 0.2) is 24.0 Å². The Balaban J connectivity index is 3.99. The maximum Gasteiger partial charge on any atom is 0.153 e. The van der Waals surface area contributed by atoms with Crippen molar-refractivity contribution in [3.8, 4) is 0 Å². The van der Waals surface area contributed by atoms with E-state index in [-0.39, 0.29) is 5.57 Å². The molecule has 0 amide bonds. The molecule has 0 aliphatic carbocycles. The monoisotopic (exact) mass is 126 g/mol. The Bertz CT molecular complexity index is 156. The molecule has 0 aromatic heterocycles. The zero-order valence-electron chi connectivity index (χ0n) is 4.65. The first-order valence-electron chi connectivity index (χ1n) is 2.26. The van der Waals surface area contributed by atoms with Gasteiger partial charge in [0.1, 0.15) is 6.29 Å². The van der Waals surface area contributed by atoms with Gasteiger partial charge in [-0.25, -0.2) is 0 Å². The van der Waals surface area contributed by atoms with Gasteiger partial charge < -0.3 is 5.11 Å². The number of aliphatic hydroxyl groups excluding tert-OH is 1. The van der Waals surface area contributed by atoms with Crippen molar-refractivity contribution in [1.82, 2.24) is 0 Å². The minimum atomic E-state index is 0.0714. The second-order valence-corrected chi connectivity index (χ2v) is 1.24. The average molecular weight is 126 g/mol. The van der Waals surface area contributed by atoms with Crippen LogP contribution in [0.2, 0.25) is 0 Å². The van der Waals surface area contributed by atoms with E-state index in [1.54, 1.807) is 0 Å². The topological polar surface area (TPSA) is 54.4 Å². The molecule has 0 aliphatic rings. The molecule has 0 saturated carbocycles. The van der Waals surface area contributed by atoms with E-state index < -0.39 is 0 Å². The predicted octanol–water partition coefficient (Wildman–Crippen LogP) is 0.382. The molecule has 0 saturated heterocycles. The van der Waals surface area contributed by atoms with Crippen LogP contribution in [0.25, 0.3) is 0 Å². The number of carbonyl (C=O) groups is 2. The van der Waals surface area contributed by atoms with Gasteiger partial charge in [0, 0.05) is 5.57 Å². The SMILES string of the molecule is O=C/C=C/C(C=O)=C\O. The minimum Gasteiger partial charge on any atom is -0.515 e. The second kappa shape index (κ2) is 4.77. The van der Waals surface area contributed by atoms with E-state index in [4.69, 9.17) is 5.11 Å². The highest BCUT2D eigenvalue weighted by Gasteiger charge is 1.83. The molecule has 0 aromatic rings. The molecule has 0 aromatic carbocycles. The number of aldehydes is 2. The largest absolute Gasteiger partial charge is 0.515 e. The van der Waals surface area contributed by atoms with Gasteiger partial charge in [0.05, 0.1) is 6.26 Å². The molecule has 0 unspecified atom stereocenters. The lowest BCUT2D eigenvalue weighted by molar-refractivity contribution is -0.104. The molecular formula is C6H6O3. The van der Waals surface area contributed by atoms with Crippen molar-refractivity contribution in [1.29, 1.82) is 0 Å². The van der Waals surface area contributed by atoms with Gasteiger partial charge in [-0.05, 0) is 12.2 Å². The van der Waals surface area contributed by atoms with Crippen LogP contribution >= 0.6 is 0 Å². The van der Waals surface area contributed by atoms with Crippen LogP contribution in [-0.4, -0.2) is 17.7 Å². The fourth-order valence-corrected chi connectivity index (χ4v) is 0.263. The zero-order chi connectivity index (χ0) is 7.11. The van der Waals surface area contributed by atoms with Crippen LogP contribution in [0.4, 0.5) is 0 Å². The lowest BCUT2D eigenvalue weighted by Gasteiger charge is -1.79. The Hall–Kier alpha value is -1.38. The summed E-state index contributed by atoms with van der Waals surface area (Å²) in [6, 6.07) is 0. The second-order valence-electron chi connectivity index (χ2n) is 1.24. The van der Waals surface area contributed by atoms with E-state index in [0.717, 1.165) is 6.08 Å². The third-order valence-corrected chi connectivity index (χ3v) is 0.652. The van der Waals surface area contributed by atoms with Crippen LogP contribution < -0.4 is 0 Å². The van der Waals surface area contributed by atoms with Gasteiger partial charge in [0.2, 0.25) is 0 Å². The summed E-state index contributed by atoms with van der Waals surface area (Å²) in [5.74, 6) is 0. The third kappa shape index (κ3) is 3.22. The summed E-state index contributed by atoms with van der Waals surface area (Å²) >= 11 is 0. The van der Waals surface area contributed by atoms with Crippen molar-refractivity contribution in [2.75, 3.05) is 0 Å². The maximum absolute atomic E-state index is 9.85. The van der Waals surface area contributed by atoms with Crippen LogP contribution in [0.5, 0.6) is 0 Å². The Kier molecular flexibility index (Phi) is 4.04. The van der Waals surface area contributed by atoms with Gasteiger partial charge in [-0.1, -0.05) is 0 Å². The fraction of sp³-hybridized carbons (Fsp3) is 0. The first-order valence-corrected chi connectivity index (χ1v) is 2.26. The number of aliphatic hydroxyl groups is 1. The van der Waals surface area contributed by atoms with Crippen molar-refractivity contribution < 1.29 is 14.7 Å². The normalized spacial score (nSPS) is 11.8. The van der Waals surface area contributed by atoms with E-state index in [9.17, 15) is 9.59 Å². The highest BCUT2D eigenvalue weighted by atomic mass is 16.2. The van der Waals surface area contributed by atoms with E-state index in [1.165, 1.54) is 6.08 Å². The van der Waals surface area contributed by atoms with Crippen LogP contribution in [-0.2, 0) is 9.59 Å². The summed E-state index contributed by atoms with van der Waals surface area (Å²) in [4.78, 5) is 19.5. The molecular weight excluding hydrogens is 120 g/mol. The minimum absolute atomic E-state index is 0.0714. The van der Waals surface area contributed by atoms with Gasteiger partial charge in [-0.3, -0.25) is 9.59 Å². The molecule has 3 nitrogen and oxygen atoms in total. The Morgan fingerprint density at radius 2 is 2.00 bits per heavy atom. The molecule has 48 valence electrons. The predicted molar refractivity (Wildman–Crippen MR) is 32.0 cm³/mol. The smallest absolute Gasteiger partial charge is 0.153 e. The molecule has 0 aliphatic heterocycles. The van der Waals surface area contributed by atoms with E-state index in [2.05, 4.69) is 0 Å². The van der Waals surface area contributed by atoms with Crippen LogP contribution in [0.3, 0.4) is 0 Å². The summed E-state index contributed by atoms with van der Waals surface area (Å²) in [5.41, 5.74) is 0.0714. The summed E-state index contributed by atoms with van der Waals surface area (Å²) in [5, 5.41) is 8.19. The molecule has 0 radical (unpaired) electrons. The van der Waals surface area contributed by atoms with Crippen molar-refractivity contribution in [3.63, 3.8) is 0 Å². The van der Waals surface area contributed by atoms with E-state index in [1.807, 2.05) is 0 Å². The lowest BCUT2D eigenvalue weighted by Crippen LogP contribution is -1.77. The van der Waals surface area contributed by atoms with Gasteiger partial charge >= 0.3 is 0 Å². The number of rotatable bonds is 3. The lowest BCUT2D eigenvalue weighted by atomic mass is 10.3. The Morgan fingerprint density at radius 1 is 1.33 bits per heavy atom. The Morgan fingerprint density at radius 3 is 2.33 bits per heavy atom. The molecule has 0 spiro atoms. The molecule has 0 fully saturated rings. The number of carbonyl (C=O) groups excluding carboxylic acids is 2. The molecule has 0 bridgehead atoms. The van der Waals surface area contributed by atoms with Gasteiger partial charge in [-0.15, -0.1) is 0 Å². The first kappa shape index (κ1) is 7.62. The molecule has 3 heteroatoms. The number of hydrogen-bond donors (Lipinski definition) is 1. The number of allylic oxidation sites excluding steroid dienone is 3. The summed E-state index contributed by atoms with van der Waals surface area (Å²) in [6.45, 7) is 0. The summed E-state index contributed by atoms with van der Waals surface area (Å²) in [6.07, 6.45) is 3.93. The highest BCUT2D eigenvalue weighted by Crippen LogP contribution is 1.87. The van der Waals surface area contributed by atoms with E-state index in [0.29, 0.717) is 18.8 Å². The third-order valence-electron chi connectivity index (χ3n) is 0.652. The van der Waals surface area contributed by atoms with Crippen molar-refractivity contribution in [3.05, 3.63) is 24.0 Å².